The number of halogens is 1. The number of hydrogen-bond acceptors (Lipinski definition) is 5. The molecule has 1 heterocycles. The highest BCUT2D eigenvalue weighted by molar-refractivity contribution is 6.30. The van der Waals surface area contributed by atoms with Crippen molar-refractivity contribution in [3.05, 3.63) is 87.1 Å². The molecule has 25 heavy (non-hydrogen) atoms. The highest BCUT2D eigenvalue weighted by Crippen LogP contribution is 2.24. The first-order valence-corrected chi connectivity index (χ1v) is 7.74. The lowest BCUT2D eigenvalue weighted by atomic mass is 10.2. The van der Waals surface area contributed by atoms with Gasteiger partial charge < -0.3 is 9.25 Å². The number of non-ortho nitro benzene ring substituents is 1. The quantitative estimate of drug-likeness (QED) is 0.351. The third kappa shape index (κ3) is 4.45. The summed E-state index contributed by atoms with van der Waals surface area (Å²) in [7, 11) is 0. The van der Waals surface area contributed by atoms with E-state index in [1.807, 2.05) is 18.2 Å². The highest BCUT2D eigenvalue weighted by Gasteiger charge is 2.06. The molecule has 0 saturated carbocycles. The second kappa shape index (κ2) is 7.63. The molecule has 0 spiro atoms. The molecule has 3 rings (SSSR count). The zero-order valence-corrected chi connectivity index (χ0v) is 13.7. The van der Waals surface area contributed by atoms with Gasteiger partial charge in [-0.25, -0.2) is 0 Å². The second-order valence-corrected chi connectivity index (χ2v) is 5.58. The van der Waals surface area contributed by atoms with Gasteiger partial charge in [0.1, 0.15) is 24.3 Å². The standard InChI is InChI=1S/C18H13ClN2O4/c19-15-5-2-4-14(10-15)18-8-7-17(25-18)11-20-24-12-13-3-1-6-16(9-13)21(22)23/h1-11H,12H2/b20-11-. The van der Waals surface area contributed by atoms with Gasteiger partial charge in [0.25, 0.3) is 5.69 Å². The van der Waals surface area contributed by atoms with Crippen LogP contribution < -0.4 is 0 Å². The van der Waals surface area contributed by atoms with E-state index in [9.17, 15) is 10.1 Å². The molecule has 6 nitrogen and oxygen atoms in total. The SMILES string of the molecule is O=[N+]([O-])c1cccc(CO/N=C\c2ccc(-c3cccc(Cl)c3)o2)c1. The van der Waals surface area contributed by atoms with Gasteiger partial charge in [-0.3, -0.25) is 10.1 Å². The van der Waals surface area contributed by atoms with Gasteiger partial charge in [-0.1, -0.05) is 41.0 Å². The van der Waals surface area contributed by atoms with Crippen molar-refractivity contribution in [1.82, 2.24) is 0 Å². The van der Waals surface area contributed by atoms with Crippen LogP contribution in [-0.2, 0) is 11.4 Å². The number of nitrogens with zero attached hydrogens (tertiary/aromatic N) is 2. The van der Waals surface area contributed by atoms with Crippen molar-refractivity contribution in [2.24, 2.45) is 5.16 Å². The van der Waals surface area contributed by atoms with Crippen LogP contribution in [0.1, 0.15) is 11.3 Å². The summed E-state index contributed by atoms with van der Waals surface area (Å²) in [4.78, 5) is 15.4. The minimum Gasteiger partial charge on any atom is -0.455 e. The normalized spacial score (nSPS) is 10.9. The van der Waals surface area contributed by atoms with E-state index in [2.05, 4.69) is 5.16 Å². The zero-order valence-electron chi connectivity index (χ0n) is 13.0. The number of benzene rings is 2. The van der Waals surface area contributed by atoms with Crippen molar-refractivity contribution >= 4 is 23.5 Å². The summed E-state index contributed by atoms with van der Waals surface area (Å²) in [6.45, 7) is 0.125. The van der Waals surface area contributed by atoms with Gasteiger partial charge in [0.15, 0.2) is 0 Å². The first kappa shape index (κ1) is 16.7. The van der Waals surface area contributed by atoms with Gasteiger partial charge in [-0.15, -0.1) is 0 Å². The maximum absolute atomic E-state index is 10.7. The van der Waals surface area contributed by atoms with Gasteiger partial charge in [0.2, 0.25) is 0 Å². The van der Waals surface area contributed by atoms with Gasteiger partial charge in [-0.05, 0) is 29.8 Å². The molecule has 126 valence electrons. The summed E-state index contributed by atoms with van der Waals surface area (Å²) in [6, 6.07) is 17.1. The summed E-state index contributed by atoms with van der Waals surface area (Å²) in [6.07, 6.45) is 1.44. The lowest BCUT2D eigenvalue weighted by Crippen LogP contribution is -1.92. The van der Waals surface area contributed by atoms with Crippen LogP contribution in [0.2, 0.25) is 5.02 Å². The zero-order chi connectivity index (χ0) is 17.6. The fourth-order valence-corrected chi connectivity index (χ4v) is 2.37. The molecule has 0 atom stereocenters. The predicted octanol–water partition coefficient (Wildman–Crippen LogP) is 5.06. The van der Waals surface area contributed by atoms with Crippen molar-refractivity contribution in [1.29, 1.82) is 0 Å². The van der Waals surface area contributed by atoms with Crippen LogP contribution in [0.4, 0.5) is 5.69 Å². The molecule has 0 amide bonds. The van der Waals surface area contributed by atoms with E-state index in [0.29, 0.717) is 22.1 Å². The van der Waals surface area contributed by atoms with Crippen LogP contribution in [0.5, 0.6) is 0 Å². The van der Waals surface area contributed by atoms with Crippen molar-refractivity contribution in [2.45, 2.75) is 6.61 Å². The second-order valence-electron chi connectivity index (χ2n) is 5.15. The smallest absolute Gasteiger partial charge is 0.269 e. The summed E-state index contributed by atoms with van der Waals surface area (Å²) in [5, 5.41) is 15.2. The number of oxime groups is 1. The molecule has 0 saturated heterocycles. The van der Waals surface area contributed by atoms with E-state index in [1.54, 1.807) is 30.3 Å². The Labute approximate surface area is 148 Å². The minimum atomic E-state index is -0.451. The Balaban J connectivity index is 1.60. The maximum atomic E-state index is 10.7. The molecule has 0 fully saturated rings. The first-order valence-electron chi connectivity index (χ1n) is 7.36. The Hall–Kier alpha value is -3.12. The minimum absolute atomic E-state index is 0.0160. The van der Waals surface area contributed by atoms with Crippen molar-refractivity contribution in [2.75, 3.05) is 0 Å². The highest BCUT2D eigenvalue weighted by atomic mass is 35.5. The topological polar surface area (TPSA) is 77.9 Å². The van der Waals surface area contributed by atoms with E-state index >= 15 is 0 Å². The van der Waals surface area contributed by atoms with Crippen LogP contribution in [0.25, 0.3) is 11.3 Å². The van der Waals surface area contributed by atoms with E-state index in [0.717, 1.165) is 5.56 Å². The van der Waals surface area contributed by atoms with Crippen molar-refractivity contribution < 1.29 is 14.2 Å². The third-order valence-corrected chi connectivity index (χ3v) is 3.58. The van der Waals surface area contributed by atoms with Crippen LogP contribution in [-0.4, -0.2) is 11.1 Å². The van der Waals surface area contributed by atoms with Crippen molar-refractivity contribution in [3.63, 3.8) is 0 Å². The van der Waals surface area contributed by atoms with Gasteiger partial charge >= 0.3 is 0 Å². The summed E-state index contributed by atoms with van der Waals surface area (Å²) in [5.74, 6) is 1.19. The monoisotopic (exact) mass is 356 g/mol. The predicted molar refractivity (Wildman–Crippen MR) is 94.6 cm³/mol. The number of hydrogen-bond donors (Lipinski definition) is 0. The van der Waals surface area contributed by atoms with Gasteiger partial charge in [0.05, 0.1) is 4.92 Å². The Bertz CT molecular complexity index is 921. The molecule has 1 aromatic heterocycles. The van der Waals surface area contributed by atoms with E-state index in [-0.39, 0.29) is 12.3 Å². The molecule has 0 aliphatic carbocycles. The third-order valence-electron chi connectivity index (χ3n) is 3.34. The molecular formula is C18H13ClN2O4. The average molecular weight is 357 g/mol. The molecule has 7 heteroatoms. The fraction of sp³-hybridized carbons (Fsp3) is 0.0556. The molecule has 0 bridgehead atoms. The van der Waals surface area contributed by atoms with Crippen LogP contribution in [0.3, 0.4) is 0 Å². The maximum Gasteiger partial charge on any atom is 0.269 e. The summed E-state index contributed by atoms with van der Waals surface area (Å²) < 4.78 is 5.65. The Morgan fingerprint density at radius 1 is 1.16 bits per heavy atom. The molecular weight excluding hydrogens is 344 g/mol. The summed E-state index contributed by atoms with van der Waals surface area (Å²) in [5.41, 5.74) is 1.54. The van der Waals surface area contributed by atoms with Gasteiger partial charge in [-0.2, -0.15) is 0 Å². The lowest BCUT2D eigenvalue weighted by Gasteiger charge is -1.99. The average Bonchev–Trinajstić information content (AvgIpc) is 3.08. The van der Waals surface area contributed by atoms with E-state index in [1.165, 1.54) is 18.3 Å². The molecule has 0 N–H and O–H groups in total. The number of furan rings is 1. The molecule has 0 radical (unpaired) electrons. The molecule has 0 aliphatic heterocycles. The molecule has 0 aliphatic rings. The molecule has 0 unspecified atom stereocenters. The van der Waals surface area contributed by atoms with Crippen molar-refractivity contribution in [3.8, 4) is 11.3 Å². The van der Waals surface area contributed by atoms with Crippen LogP contribution in [0.15, 0.2) is 70.2 Å². The largest absolute Gasteiger partial charge is 0.455 e. The van der Waals surface area contributed by atoms with Crippen LogP contribution in [0, 0.1) is 10.1 Å². The summed E-state index contributed by atoms with van der Waals surface area (Å²) >= 11 is 5.96. The van der Waals surface area contributed by atoms with E-state index in [4.69, 9.17) is 20.9 Å². The Morgan fingerprint density at radius 2 is 2.00 bits per heavy atom. The van der Waals surface area contributed by atoms with Gasteiger partial charge in [0, 0.05) is 22.7 Å². The van der Waals surface area contributed by atoms with Crippen LogP contribution >= 0.6 is 11.6 Å². The fourth-order valence-electron chi connectivity index (χ4n) is 2.18. The number of rotatable bonds is 6. The number of nitro benzene ring substituents is 1. The Kier molecular flexibility index (Phi) is 5.11. The molecule has 3 aromatic rings. The molecule has 2 aromatic carbocycles. The Morgan fingerprint density at radius 3 is 2.80 bits per heavy atom. The first-order chi connectivity index (χ1) is 12.1. The van der Waals surface area contributed by atoms with E-state index < -0.39 is 4.92 Å². The number of nitro groups is 1. The lowest BCUT2D eigenvalue weighted by molar-refractivity contribution is -0.384.